The second kappa shape index (κ2) is 8.75. The molecule has 1 heteroatoms. The summed E-state index contributed by atoms with van der Waals surface area (Å²) in [5.41, 5.74) is 7.43. The van der Waals surface area contributed by atoms with Crippen LogP contribution in [0.5, 0.6) is 0 Å². The Morgan fingerprint density at radius 3 is 1.61 bits per heavy atom. The van der Waals surface area contributed by atoms with Gasteiger partial charge >= 0.3 is 0 Å². The second-order valence-electron chi connectivity index (χ2n) is 9.34. The van der Waals surface area contributed by atoms with Crippen LogP contribution < -0.4 is 0 Å². The van der Waals surface area contributed by atoms with Crippen LogP contribution in [0.15, 0.2) is 101 Å². The van der Waals surface area contributed by atoms with Crippen LogP contribution in [-0.4, -0.2) is 0 Å². The molecule has 5 aromatic rings. The fraction of sp³-hybridized carbons (Fsp3) is 0.188. The highest BCUT2D eigenvalue weighted by Gasteiger charge is 2.23. The molecule has 0 spiro atoms. The minimum atomic E-state index is 0.405. The number of fused-ring (bicyclic) bond motifs is 1. The van der Waals surface area contributed by atoms with Crippen molar-refractivity contribution in [3.8, 4) is 33.8 Å². The maximum Gasteiger partial charge on any atom is 0.143 e. The summed E-state index contributed by atoms with van der Waals surface area (Å²) >= 11 is 0. The third-order valence-electron chi connectivity index (χ3n) is 6.48. The van der Waals surface area contributed by atoms with E-state index >= 15 is 0 Å². The molecule has 0 radical (unpaired) electrons. The van der Waals surface area contributed by atoms with Crippen molar-refractivity contribution in [3.05, 3.63) is 108 Å². The zero-order valence-corrected chi connectivity index (χ0v) is 19.8. The molecule has 164 valence electrons. The third-order valence-corrected chi connectivity index (χ3v) is 6.48. The second-order valence-corrected chi connectivity index (χ2v) is 9.34. The van der Waals surface area contributed by atoms with Crippen molar-refractivity contribution in [1.29, 1.82) is 0 Å². The van der Waals surface area contributed by atoms with Crippen molar-refractivity contribution in [3.63, 3.8) is 0 Å². The van der Waals surface area contributed by atoms with Gasteiger partial charge in [0.05, 0.1) is 0 Å². The molecule has 0 unspecified atom stereocenters. The zero-order chi connectivity index (χ0) is 22.9. The first-order valence-corrected chi connectivity index (χ1v) is 11.9. The quantitative estimate of drug-likeness (QED) is 0.270. The summed E-state index contributed by atoms with van der Waals surface area (Å²) in [6.07, 6.45) is 0. The van der Waals surface area contributed by atoms with Gasteiger partial charge in [-0.1, -0.05) is 125 Å². The number of hydrogen-bond donors (Lipinski definition) is 0. The van der Waals surface area contributed by atoms with Crippen molar-refractivity contribution >= 4 is 10.8 Å². The van der Waals surface area contributed by atoms with Crippen molar-refractivity contribution in [2.24, 2.45) is 0 Å². The highest BCUT2D eigenvalue weighted by atomic mass is 16.3. The van der Waals surface area contributed by atoms with Gasteiger partial charge in [0.2, 0.25) is 0 Å². The summed E-state index contributed by atoms with van der Waals surface area (Å²) in [4.78, 5) is 0. The van der Waals surface area contributed by atoms with Gasteiger partial charge < -0.3 is 4.42 Å². The minimum absolute atomic E-state index is 0.405. The molecular formula is C32H30O. The van der Waals surface area contributed by atoms with E-state index in [1.807, 2.05) is 0 Å². The van der Waals surface area contributed by atoms with Gasteiger partial charge in [-0.15, -0.1) is 0 Å². The molecule has 0 aliphatic rings. The highest BCUT2D eigenvalue weighted by Crippen LogP contribution is 2.46. The van der Waals surface area contributed by atoms with E-state index in [4.69, 9.17) is 4.42 Å². The fourth-order valence-electron chi connectivity index (χ4n) is 4.84. The van der Waals surface area contributed by atoms with Crippen LogP contribution in [0, 0.1) is 0 Å². The normalized spacial score (nSPS) is 11.6. The topological polar surface area (TPSA) is 13.1 Å². The lowest BCUT2D eigenvalue weighted by Crippen LogP contribution is -1.99. The Kier molecular flexibility index (Phi) is 5.64. The van der Waals surface area contributed by atoms with Gasteiger partial charge in [0.15, 0.2) is 0 Å². The molecule has 0 atom stereocenters. The first kappa shape index (κ1) is 21.3. The zero-order valence-electron chi connectivity index (χ0n) is 19.8. The van der Waals surface area contributed by atoms with E-state index < -0.39 is 0 Å². The van der Waals surface area contributed by atoms with Crippen LogP contribution in [0.2, 0.25) is 0 Å². The molecule has 0 aliphatic carbocycles. The van der Waals surface area contributed by atoms with E-state index in [2.05, 4.69) is 125 Å². The van der Waals surface area contributed by atoms with Crippen LogP contribution in [-0.2, 0) is 0 Å². The monoisotopic (exact) mass is 430 g/mol. The van der Waals surface area contributed by atoms with Crippen molar-refractivity contribution in [2.75, 3.05) is 0 Å². The van der Waals surface area contributed by atoms with Gasteiger partial charge in [0, 0.05) is 21.9 Å². The van der Waals surface area contributed by atoms with Gasteiger partial charge in [-0.25, -0.2) is 0 Å². The molecule has 0 N–H and O–H groups in total. The highest BCUT2D eigenvalue weighted by molar-refractivity contribution is 6.05. The SMILES string of the molecule is CC(C)c1cccc(C(C)C)c1-c1oc(-c2ccccc2-c2ccccc2)c2ccccc12. The molecule has 0 saturated heterocycles. The van der Waals surface area contributed by atoms with Crippen LogP contribution >= 0.6 is 0 Å². The standard InChI is InChI=1S/C32H30O/c1-21(2)24-19-12-20-25(22(3)4)30(24)32-29-18-11-10-17-28(29)31(33-32)27-16-9-8-15-26(27)23-13-6-5-7-14-23/h5-22H,1-4H3. The summed E-state index contributed by atoms with van der Waals surface area (Å²) in [6, 6.07) is 34.4. The fourth-order valence-corrected chi connectivity index (χ4v) is 4.84. The average molecular weight is 431 g/mol. The lowest BCUT2D eigenvalue weighted by molar-refractivity contribution is 0.599. The summed E-state index contributed by atoms with van der Waals surface area (Å²) in [6.45, 7) is 9.05. The van der Waals surface area contributed by atoms with E-state index in [0.717, 1.165) is 22.5 Å². The van der Waals surface area contributed by atoms with E-state index in [9.17, 15) is 0 Å². The molecule has 5 rings (SSSR count). The van der Waals surface area contributed by atoms with Crippen molar-refractivity contribution in [2.45, 2.75) is 39.5 Å². The van der Waals surface area contributed by atoms with E-state index in [1.165, 1.54) is 33.2 Å². The molecule has 4 aromatic carbocycles. The smallest absolute Gasteiger partial charge is 0.143 e. The van der Waals surface area contributed by atoms with Gasteiger partial charge in [-0.2, -0.15) is 0 Å². The molecule has 1 aromatic heterocycles. The Bertz CT molecular complexity index is 1380. The van der Waals surface area contributed by atoms with Gasteiger partial charge in [-0.3, -0.25) is 0 Å². The lowest BCUT2D eigenvalue weighted by atomic mass is 9.86. The minimum Gasteiger partial charge on any atom is -0.455 e. The Morgan fingerprint density at radius 1 is 0.485 bits per heavy atom. The Morgan fingerprint density at radius 2 is 1.00 bits per heavy atom. The average Bonchev–Trinajstić information content (AvgIpc) is 3.23. The molecular weight excluding hydrogens is 400 g/mol. The maximum absolute atomic E-state index is 6.88. The predicted octanol–water partition coefficient (Wildman–Crippen LogP) is 9.68. The van der Waals surface area contributed by atoms with E-state index in [0.29, 0.717) is 11.8 Å². The Hall–Kier alpha value is -3.58. The van der Waals surface area contributed by atoms with Crippen molar-refractivity contribution < 1.29 is 4.42 Å². The van der Waals surface area contributed by atoms with Gasteiger partial charge in [-0.05, 0) is 34.1 Å². The largest absolute Gasteiger partial charge is 0.455 e. The van der Waals surface area contributed by atoms with Gasteiger partial charge in [0.1, 0.15) is 11.5 Å². The first-order valence-electron chi connectivity index (χ1n) is 11.9. The summed E-state index contributed by atoms with van der Waals surface area (Å²) in [7, 11) is 0. The Balaban J connectivity index is 1.83. The van der Waals surface area contributed by atoms with Crippen LogP contribution in [0.3, 0.4) is 0 Å². The van der Waals surface area contributed by atoms with E-state index in [-0.39, 0.29) is 0 Å². The number of benzene rings is 4. The molecule has 0 aliphatic heterocycles. The number of furan rings is 1. The summed E-state index contributed by atoms with van der Waals surface area (Å²) < 4.78 is 6.88. The molecule has 0 saturated carbocycles. The van der Waals surface area contributed by atoms with Crippen LogP contribution in [0.4, 0.5) is 0 Å². The maximum atomic E-state index is 6.88. The lowest BCUT2D eigenvalue weighted by Gasteiger charge is -2.18. The van der Waals surface area contributed by atoms with Gasteiger partial charge in [0.25, 0.3) is 0 Å². The molecule has 1 nitrogen and oxygen atoms in total. The number of hydrogen-bond acceptors (Lipinski definition) is 1. The van der Waals surface area contributed by atoms with Crippen LogP contribution in [0.25, 0.3) is 44.5 Å². The third kappa shape index (κ3) is 3.78. The molecule has 0 fully saturated rings. The summed E-state index contributed by atoms with van der Waals surface area (Å²) in [5, 5.41) is 2.33. The molecule has 0 amide bonds. The molecule has 33 heavy (non-hydrogen) atoms. The Labute approximate surface area is 196 Å². The molecule has 0 bridgehead atoms. The van der Waals surface area contributed by atoms with Crippen LogP contribution in [0.1, 0.15) is 50.7 Å². The van der Waals surface area contributed by atoms with E-state index in [1.54, 1.807) is 0 Å². The van der Waals surface area contributed by atoms with Crippen molar-refractivity contribution in [1.82, 2.24) is 0 Å². The number of rotatable bonds is 5. The first-order chi connectivity index (χ1) is 16.1. The molecule has 1 heterocycles. The summed E-state index contributed by atoms with van der Waals surface area (Å²) in [5.74, 6) is 2.73. The predicted molar refractivity (Wildman–Crippen MR) is 141 cm³/mol.